The standard InChI is InChI=1S/C18H26N6O5P/c1-11-5-12(7-28-30(26)23-6-13(25)27-8-18(2,3)4)29-17(11)24-10-22-14-15(19)20-9-21-16(14)24/h7,9-11,17H,5-6,8H2,1-4H3,(H,23,26)(H2,19,20,21)/q+1/b12-7+/t11-,17+/m0/s1. The molecule has 0 saturated carbocycles. The highest BCUT2D eigenvalue weighted by atomic mass is 31.1. The van der Waals surface area contributed by atoms with Gasteiger partial charge in [0.05, 0.1) is 6.61 Å². The molecule has 0 amide bonds. The van der Waals surface area contributed by atoms with Crippen molar-refractivity contribution in [3.8, 4) is 0 Å². The molecule has 3 atom stereocenters. The van der Waals surface area contributed by atoms with E-state index in [1.54, 1.807) is 10.9 Å². The summed E-state index contributed by atoms with van der Waals surface area (Å²) in [5.41, 5.74) is 6.77. The summed E-state index contributed by atoms with van der Waals surface area (Å²) >= 11 is 0. The molecule has 0 spiro atoms. The number of carbonyl (C=O) groups excluding carboxylic acids is 1. The third-order valence-electron chi connectivity index (χ3n) is 4.24. The first-order valence-corrected chi connectivity index (χ1v) is 10.6. The van der Waals surface area contributed by atoms with Gasteiger partial charge in [-0.05, 0) is 5.41 Å². The molecule has 30 heavy (non-hydrogen) atoms. The van der Waals surface area contributed by atoms with Crippen molar-refractivity contribution in [3.63, 3.8) is 0 Å². The maximum Gasteiger partial charge on any atom is 0.663 e. The molecule has 3 rings (SSSR count). The van der Waals surface area contributed by atoms with E-state index in [1.807, 2.05) is 27.7 Å². The summed E-state index contributed by atoms with van der Waals surface area (Å²) in [4.78, 5) is 24.1. The van der Waals surface area contributed by atoms with Gasteiger partial charge in [0.25, 0.3) is 0 Å². The minimum Gasteiger partial charge on any atom is -0.471 e. The number of fused-ring (bicyclic) bond motifs is 1. The molecule has 1 aliphatic rings. The monoisotopic (exact) mass is 437 g/mol. The normalized spacial score (nSPS) is 20.9. The first kappa shape index (κ1) is 21.9. The zero-order valence-corrected chi connectivity index (χ0v) is 18.3. The van der Waals surface area contributed by atoms with Gasteiger partial charge < -0.3 is 15.2 Å². The quantitative estimate of drug-likeness (QED) is 0.377. The van der Waals surface area contributed by atoms with Gasteiger partial charge in [-0.25, -0.2) is 19.5 Å². The van der Waals surface area contributed by atoms with Crippen molar-refractivity contribution < 1.29 is 23.4 Å². The fourth-order valence-corrected chi connectivity index (χ4v) is 3.37. The lowest BCUT2D eigenvalue weighted by Gasteiger charge is -2.17. The molecule has 1 saturated heterocycles. The smallest absolute Gasteiger partial charge is 0.471 e. The largest absolute Gasteiger partial charge is 0.663 e. The minimum absolute atomic E-state index is 0.0895. The number of nitrogens with zero attached hydrogens (tertiary/aromatic N) is 4. The van der Waals surface area contributed by atoms with Crippen LogP contribution in [0.5, 0.6) is 0 Å². The van der Waals surface area contributed by atoms with Crippen molar-refractivity contribution in [2.75, 3.05) is 18.9 Å². The summed E-state index contributed by atoms with van der Waals surface area (Å²) < 4.78 is 29.9. The highest BCUT2D eigenvalue weighted by Gasteiger charge is 2.33. The van der Waals surface area contributed by atoms with Gasteiger partial charge in [-0.3, -0.25) is 9.36 Å². The highest BCUT2D eigenvalue weighted by molar-refractivity contribution is 7.36. The van der Waals surface area contributed by atoms with Gasteiger partial charge in [-0.15, -0.1) is 0 Å². The van der Waals surface area contributed by atoms with Crippen LogP contribution in [-0.4, -0.2) is 38.6 Å². The number of nitrogens with two attached hydrogens (primary N) is 1. The lowest BCUT2D eigenvalue weighted by Crippen LogP contribution is -2.24. The van der Waals surface area contributed by atoms with Crippen LogP contribution in [0.15, 0.2) is 24.7 Å². The highest BCUT2D eigenvalue weighted by Crippen LogP contribution is 2.38. The predicted molar refractivity (Wildman–Crippen MR) is 109 cm³/mol. The van der Waals surface area contributed by atoms with Gasteiger partial charge in [0.2, 0.25) is 0 Å². The Bertz CT molecular complexity index is 970. The molecule has 2 aromatic rings. The number of aromatic nitrogens is 4. The SMILES string of the molecule is C[C@H]1C/C(=C\O[P+](=O)NCC(=O)OCC(C)(C)C)O[C@H]1n1cnc2c(N)ncnc21. The van der Waals surface area contributed by atoms with Crippen LogP contribution in [0.2, 0.25) is 0 Å². The van der Waals surface area contributed by atoms with Crippen LogP contribution < -0.4 is 10.8 Å². The average Bonchev–Trinajstić information content (AvgIpc) is 3.26. The number of allylic oxidation sites excluding steroid dienone is 1. The van der Waals surface area contributed by atoms with Gasteiger partial charge >= 0.3 is 14.1 Å². The second kappa shape index (κ2) is 8.93. The zero-order chi connectivity index (χ0) is 21.9. The van der Waals surface area contributed by atoms with Crippen LogP contribution >= 0.6 is 8.18 Å². The van der Waals surface area contributed by atoms with Crippen LogP contribution in [0.1, 0.15) is 40.3 Å². The van der Waals surface area contributed by atoms with Crippen LogP contribution in [0, 0.1) is 11.3 Å². The molecule has 0 bridgehead atoms. The fourth-order valence-electron chi connectivity index (χ4n) is 2.82. The van der Waals surface area contributed by atoms with E-state index in [0.717, 1.165) is 0 Å². The minimum atomic E-state index is -2.29. The van der Waals surface area contributed by atoms with Crippen molar-refractivity contribution in [1.82, 2.24) is 24.6 Å². The van der Waals surface area contributed by atoms with Crippen LogP contribution in [0.3, 0.4) is 0 Å². The topological polar surface area (TPSA) is 143 Å². The number of anilines is 1. The number of esters is 1. The van der Waals surface area contributed by atoms with Crippen molar-refractivity contribution in [1.29, 1.82) is 0 Å². The van der Waals surface area contributed by atoms with Crippen LogP contribution in [0.25, 0.3) is 11.2 Å². The Kier molecular flexibility index (Phi) is 6.52. The number of carbonyl (C=O) groups is 1. The molecule has 1 fully saturated rings. The molecule has 1 unspecified atom stereocenters. The molecule has 1 aliphatic heterocycles. The molecule has 0 aromatic carbocycles. The maximum absolute atomic E-state index is 12.0. The van der Waals surface area contributed by atoms with Crippen molar-refractivity contribution in [3.05, 3.63) is 24.7 Å². The third-order valence-corrected chi connectivity index (χ3v) is 4.96. The Labute approximate surface area is 174 Å². The number of rotatable bonds is 7. The van der Waals surface area contributed by atoms with Crippen LogP contribution in [-0.2, 0) is 23.4 Å². The predicted octanol–water partition coefficient (Wildman–Crippen LogP) is 2.66. The number of nitrogen functional groups attached to an aromatic ring is 1. The van der Waals surface area contributed by atoms with Gasteiger partial charge in [0.15, 0.2) is 24.0 Å². The number of hydrogen-bond acceptors (Lipinski definition) is 9. The van der Waals surface area contributed by atoms with E-state index in [2.05, 4.69) is 20.0 Å². The fraction of sp³-hybridized carbons (Fsp3) is 0.556. The lowest BCUT2D eigenvalue weighted by atomic mass is 9.99. The first-order valence-electron chi connectivity index (χ1n) is 9.46. The molecule has 0 aliphatic carbocycles. The number of imidazole rings is 1. The average molecular weight is 437 g/mol. The Hall–Kier alpha value is -2.78. The summed E-state index contributed by atoms with van der Waals surface area (Å²) in [6.45, 7) is 7.93. The number of hydrogen-bond donors (Lipinski definition) is 2. The van der Waals surface area contributed by atoms with Gasteiger partial charge in [-0.2, -0.15) is 0 Å². The first-order chi connectivity index (χ1) is 14.1. The lowest BCUT2D eigenvalue weighted by molar-refractivity contribution is -0.144. The van der Waals surface area contributed by atoms with E-state index in [4.69, 9.17) is 19.7 Å². The van der Waals surface area contributed by atoms with E-state index >= 15 is 0 Å². The summed E-state index contributed by atoms with van der Waals surface area (Å²) in [5, 5.41) is 2.49. The van der Waals surface area contributed by atoms with E-state index in [1.165, 1.54) is 12.6 Å². The molecule has 162 valence electrons. The van der Waals surface area contributed by atoms with E-state index < -0.39 is 14.1 Å². The molecule has 2 aromatic heterocycles. The third kappa shape index (κ3) is 5.43. The molecule has 12 heteroatoms. The van der Waals surface area contributed by atoms with Gasteiger partial charge in [0.1, 0.15) is 30.5 Å². The van der Waals surface area contributed by atoms with Crippen molar-refractivity contribution >= 4 is 31.1 Å². The second-order valence-electron chi connectivity index (χ2n) is 8.28. The maximum atomic E-state index is 12.0. The molecular weight excluding hydrogens is 411 g/mol. The Morgan fingerprint density at radius 1 is 1.43 bits per heavy atom. The van der Waals surface area contributed by atoms with Gasteiger partial charge in [0, 0.05) is 16.9 Å². The summed E-state index contributed by atoms with van der Waals surface area (Å²) in [5.74, 6) is 0.416. The van der Waals surface area contributed by atoms with E-state index in [0.29, 0.717) is 29.2 Å². The summed E-state index contributed by atoms with van der Waals surface area (Å²) in [7, 11) is -2.29. The summed E-state index contributed by atoms with van der Waals surface area (Å²) in [6, 6.07) is 0. The van der Waals surface area contributed by atoms with E-state index in [-0.39, 0.29) is 30.7 Å². The molecular formula is C18H26N6O5P+. The molecule has 11 nitrogen and oxygen atoms in total. The molecule has 0 radical (unpaired) electrons. The Morgan fingerprint density at radius 3 is 2.93 bits per heavy atom. The number of ether oxygens (including phenoxy) is 2. The second-order valence-corrected chi connectivity index (χ2v) is 9.32. The van der Waals surface area contributed by atoms with Gasteiger partial charge in [-0.1, -0.05) is 32.8 Å². The summed E-state index contributed by atoms with van der Waals surface area (Å²) in [6.07, 6.45) is 4.48. The number of nitrogens with one attached hydrogen (secondary N) is 1. The Morgan fingerprint density at radius 2 is 2.20 bits per heavy atom. The zero-order valence-electron chi connectivity index (χ0n) is 17.4. The van der Waals surface area contributed by atoms with E-state index in [9.17, 15) is 9.36 Å². The van der Waals surface area contributed by atoms with Crippen molar-refractivity contribution in [2.24, 2.45) is 11.3 Å². The molecule has 3 heterocycles. The van der Waals surface area contributed by atoms with Crippen LogP contribution in [0.4, 0.5) is 5.82 Å². The molecule has 3 N–H and O–H groups in total. The Balaban J connectivity index is 1.53. The van der Waals surface area contributed by atoms with Crippen molar-refractivity contribution in [2.45, 2.75) is 40.3 Å².